The van der Waals surface area contributed by atoms with Crippen molar-refractivity contribution >= 4 is 23.0 Å². The molecule has 0 aliphatic carbocycles. The largest absolute Gasteiger partial charge is 0.481 e. The van der Waals surface area contributed by atoms with Gasteiger partial charge in [0.2, 0.25) is 0 Å². The van der Waals surface area contributed by atoms with Crippen molar-refractivity contribution < 1.29 is 9.53 Å². The van der Waals surface area contributed by atoms with E-state index in [0.29, 0.717) is 5.75 Å². The van der Waals surface area contributed by atoms with Gasteiger partial charge in [-0.1, -0.05) is 36.4 Å². The Labute approximate surface area is 162 Å². The molecule has 1 N–H and O–H groups in total. The molecule has 138 valence electrons. The van der Waals surface area contributed by atoms with E-state index in [1.165, 1.54) is 0 Å². The summed E-state index contributed by atoms with van der Waals surface area (Å²) >= 11 is 0. The van der Waals surface area contributed by atoms with Crippen molar-refractivity contribution in [2.24, 2.45) is 5.10 Å². The summed E-state index contributed by atoms with van der Waals surface area (Å²) in [6.07, 6.45) is 5.24. The van der Waals surface area contributed by atoms with Crippen molar-refractivity contribution in [3.63, 3.8) is 0 Å². The van der Waals surface area contributed by atoms with Crippen molar-refractivity contribution in [1.82, 2.24) is 15.0 Å². The second-order valence-corrected chi connectivity index (χ2v) is 6.05. The highest BCUT2D eigenvalue weighted by Gasteiger charge is 2.06. The van der Waals surface area contributed by atoms with E-state index < -0.39 is 0 Å². The SMILES string of the molecule is O=C(COc1cccc2cccnc12)N/N=C\c1cccn1-c1ccccc1. The van der Waals surface area contributed by atoms with E-state index in [1.54, 1.807) is 18.5 Å². The lowest BCUT2D eigenvalue weighted by molar-refractivity contribution is -0.123. The molecule has 2 aromatic carbocycles. The number of pyridine rings is 1. The summed E-state index contributed by atoms with van der Waals surface area (Å²) in [5, 5.41) is 4.99. The number of hydrogen-bond donors (Lipinski definition) is 1. The first-order valence-electron chi connectivity index (χ1n) is 8.82. The number of rotatable bonds is 6. The molecule has 28 heavy (non-hydrogen) atoms. The zero-order chi connectivity index (χ0) is 19.2. The minimum atomic E-state index is -0.345. The average molecular weight is 370 g/mol. The fourth-order valence-corrected chi connectivity index (χ4v) is 2.86. The Morgan fingerprint density at radius 1 is 1.04 bits per heavy atom. The van der Waals surface area contributed by atoms with Gasteiger partial charge in [-0.15, -0.1) is 0 Å². The van der Waals surface area contributed by atoms with Gasteiger partial charge in [0.15, 0.2) is 6.61 Å². The van der Waals surface area contributed by atoms with Gasteiger partial charge in [-0.25, -0.2) is 5.43 Å². The topological polar surface area (TPSA) is 68.5 Å². The molecule has 0 saturated heterocycles. The molecule has 4 aromatic rings. The second-order valence-electron chi connectivity index (χ2n) is 6.05. The van der Waals surface area contributed by atoms with Crippen LogP contribution in [-0.2, 0) is 4.79 Å². The van der Waals surface area contributed by atoms with Crippen molar-refractivity contribution in [3.05, 3.63) is 90.9 Å². The molecule has 6 nitrogen and oxygen atoms in total. The molecule has 0 atom stereocenters. The molecule has 0 fully saturated rings. The minimum absolute atomic E-state index is 0.146. The van der Waals surface area contributed by atoms with Gasteiger partial charge in [0.05, 0.1) is 11.9 Å². The number of carbonyl (C=O) groups is 1. The third-order valence-electron chi connectivity index (χ3n) is 4.16. The van der Waals surface area contributed by atoms with Crippen LogP contribution < -0.4 is 10.2 Å². The third-order valence-corrected chi connectivity index (χ3v) is 4.16. The maximum absolute atomic E-state index is 12.1. The number of fused-ring (bicyclic) bond motifs is 1. The molecule has 0 radical (unpaired) electrons. The molecule has 0 aliphatic rings. The Bertz CT molecular complexity index is 1110. The number of nitrogens with zero attached hydrogens (tertiary/aromatic N) is 3. The standard InChI is InChI=1S/C22H18N4O2/c27-21(16-28-20-12-4-7-17-8-5-13-23-22(17)20)25-24-15-19-11-6-14-26(19)18-9-2-1-3-10-18/h1-15H,16H2,(H,25,27)/b24-15-. The molecule has 6 heteroatoms. The molecule has 2 heterocycles. The molecule has 0 spiro atoms. The van der Waals surface area contributed by atoms with E-state index in [2.05, 4.69) is 15.5 Å². The van der Waals surface area contributed by atoms with E-state index in [1.807, 2.05) is 77.5 Å². The fourth-order valence-electron chi connectivity index (χ4n) is 2.86. The molecule has 0 saturated carbocycles. The summed E-state index contributed by atoms with van der Waals surface area (Å²) in [5.41, 5.74) is 5.09. The smallest absolute Gasteiger partial charge is 0.277 e. The van der Waals surface area contributed by atoms with Gasteiger partial charge in [-0.2, -0.15) is 5.10 Å². The summed E-state index contributed by atoms with van der Waals surface area (Å²) in [6, 6.07) is 23.2. The highest BCUT2D eigenvalue weighted by atomic mass is 16.5. The van der Waals surface area contributed by atoms with Crippen molar-refractivity contribution in [2.75, 3.05) is 6.61 Å². The molecule has 1 amide bonds. The van der Waals surface area contributed by atoms with Gasteiger partial charge in [-0.05, 0) is 36.4 Å². The van der Waals surface area contributed by atoms with Gasteiger partial charge in [-0.3, -0.25) is 9.78 Å². The first kappa shape index (κ1) is 17.5. The summed E-state index contributed by atoms with van der Waals surface area (Å²) in [5.74, 6) is 0.220. The van der Waals surface area contributed by atoms with Crippen molar-refractivity contribution in [1.29, 1.82) is 0 Å². The van der Waals surface area contributed by atoms with Crippen LogP contribution in [0.1, 0.15) is 5.69 Å². The monoisotopic (exact) mass is 370 g/mol. The fraction of sp³-hybridized carbons (Fsp3) is 0.0455. The quantitative estimate of drug-likeness (QED) is 0.417. The van der Waals surface area contributed by atoms with Crippen LogP contribution in [0.3, 0.4) is 0 Å². The van der Waals surface area contributed by atoms with Gasteiger partial charge in [0, 0.05) is 23.5 Å². The third kappa shape index (κ3) is 3.91. The van der Waals surface area contributed by atoms with Crippen molar-refractivity contribution in [2.45, 2.75) is 0 Å². The average Bonchev–Trinajstić information content (AvgIpc) is 3.21. The summed E-state index contributed by atoms with van der Waals surface area (Å²) < 4.78 is 7.59. The normalized spacial score (nSPS) is 11.0. The molecule has 2 aromatic heterocycles. The maximum atomic E-state index is 12.1. The molecular formula is C22H18N4O2. The molecular weight excluding hydrogens is 352 g/mol. The van der Waals surface area contributed by atoms with Gasteiger partial charge in [0.25, 0.3) is 5.91 Å². The predicted octanol–water partition coefficient (Wildman–Crippen LogP) is 3.55. The van der Waals surface area contributed by atoms with Crippen LogP contribution in [0.5, 0.6) is 5.75 Å². The highest BCUT2D eigenvalue weighted by Crippen LogP contribution is 2.22. The summed E-state index contributed by atoms with van der Waals surface area (Å²) in [6.45, 7) is -0.146. The molecule has 4 rings (SSSR count). The van der Waals surface area contributed by atoms with Crippen LogP contribution in [0.15, 0.2) is 90.3 Å². The number of hydrazone groups is 1. The Morgan fingerprint density at radius 2 is 1.89 bits per heavy atom. The second kappa shape index (κ2) is 8.18. The van der Waals surface area contributed by atoms with E-state index >= 15 is 0 Å². The van der Waals surface area contributed by atoms with E-state index in [4.69, 9.17) is 4.74 Å². The molecule has 0 bridgehead atoms. The highest BCUT2D eigenvalue weighted by molar-refractivity contribution is 5.85. The van der Waals surface area contributed by atoms with E-state index in [9.17, 15) is 4.79 Å². The minimum Gasteiger partial charge on any atom is -0.481 e. The summed E-state index contributed by atoms with van der Waals surface area (Å²) in [7, 11) is 0. The Balaban J connectivity index is 1.37. The lowest BCUT2D eigenvalue weighted by atomic mass is 10.2. The van der Waals surface area contributed by atoms with E-state index in [-0.39, 0.29) is 12.5 Å². The number of carbonyl (C=O) groups excluding carboxylic acids is 1. The first-order valence-corrected chi connectivity index (χ1v) is 8.82. The van der Waals surface area contributed by atoms with Crippen LogP contribution in [0.4, 0.5) is 0 Å². The predicted molar refractivity (Wildman–Crippen MR) is 109 cm³/mol. The number of para-hydroxylation sites is 2. The lowest BCUT2D eigenvalue weighted by Crippen LogP contribution is -2.24. The Kier molecular flexibility index (Phi) is 5.11. The molecule has 0 unspecified atom stereocenters. The van der Waals surface area contributed by atoms with Gasteiger partial charge >= 0.3 is 0 Å². The first-order chi connectivity index (χ1) is 13.8. The van der Waals surface area contributed by atoms with E-state index in [0.717, 1.165) is 22.3 Å². The number of ether oxygens (including phenoxy) is 1. The zero-order valence-electron chi connectivity index (χ0n) is 15.0. The number of amides is 1. The molecule has 0 aliphatic heterocycles. The number of nitrogens with one attached hydrogen (secondary N) is 1. The van der Waals surface area contributed by atoms with Gasteiger partial charge < -0.3 is 9.30 Å². The van der Waals surface area contributed by atoms with Gasteiger partial charge in [0.1, 0.15) is 11.3 Å². The van der Waals surface area contributed by atoms with Crippen LogP contribution >= 0.6 is 0 Å². The van der Waals surface area contributed by atoms with Crippen LogP contribution in [0.2, 0.25) is 0 Å². The zero-order valence-corrected chi connectivity index (χ0v) is 15.0. The summed E-state index contributed by atoms with van der Waals surface area (Å²) in [4.78, 5) is 16.4. The van der Waals surface area contributed by atoms with Crippen LogP contribution in [0, 0.1) is 0 Å². The number of hydrogen-bond acceptors (Lipinski definition) is 4. The van der Waals surface area contributed by atoms with Crippen LogP contribution in [-0.4, -0.2) is 28.3 Å². The number of aromatic nitrogens is 2. The maximum Gasteiger partial charge on any atom is 0.277 e. The number of benzene rings is 2. The Hall–Kier alpha value is -3.93. The van der Waals surface area contributed by atoms with Crippen LogP contribution in [0.25, 0.3) is 16.6 Å². The lowest BCUT2D eigenvalue weighted by Gasteiger charge is -2.08. The van der Waals surface area contributed by atoms with Crippen molar-refractivity contribution in [3.8, 4) is 11.4 Å². The Morgan fingerprint density at radius 3 is 2.79 bits per heavy atom.